The molecule has 0 atom stereocenters. The number of nitrogens with zero attached hydrogens (tertiary/aromatic N) is 2. The number of hydrogen-bond donors (Lipinski definition) is 0. The fourth-order valence-corrected chi connectivity index (χ4v) is 3.35. The molecular formula is C22H26N2O2. The van der Waals surface area contributed by atoms with Crippen molar-refractivity contribution >= 4 is 11.8 Å². The maximum Gasteiger partial charge on any atom is 0.254 e. The minimum atomic E-state index is -0.00618. The van der Waals surface area contributed by atoms with Gasteiger partial charge in [0.2, 0.25) is 0 Å². The van der Waals surface area contributed by atoms with Gasteiger partial charge in [0.05, 0.1) is 0 Å². The number of hydrogen-bond acceptors (Lipinski definition) is 2. The lowest BCUT2D eigenvalue weighted by atomic mass is 10.1. The van der Waals surface area contributed by atoms with Gasteiger partial charge in [-0.05, 0) is 56.0 Å². The van der Waals surface area contributed by atoms with E-state index in [2.05, 4.69) is 0 Å². The second kappa shape index (κ2) is 8.65. The highest BCUT2D eigenvalue weighted by Gasteiger charge is 2.19. The van der Waals surface area contributed by atoms with Crippen LogP contribution in [-0.4, -0.2) is 41.2 Å². The molecule has 0 radical (unpaired) electrons. The van der Waals surface area contributed by atoms with E-state index in [-0.39, 0.29) is 11.8 Å². The Bertz CT molecular complexity index is 734. The van der Waals surface area contributed by atoms with Crippen LogP contribution in [0.2, 0.25) is 0 Å². The molecule has 2 aromatic carbocycles. The Labute approximate surface area is 155 Å². The van der Waals surface area contributed by atoms with Gasteiger partial charge in [0.15, 0.2) is 0 Å². The summed E-state index contributed by atoms with van der Waals surface area (Å²) in [6.07, 6.45) is 3.35. The first-order valence-electron chi connectivity index (χ1n) is 9.41. The molecule has 1 saturated heterocycles. The summed E-state index contributed by atoms with van der Waals surface area (Å²) < 4.78 is 0. The molecule has 1 heterocycles. The lowest BCUT2D eigenvalue weighted by molar-refractivity contribution is 0.0720. The standard InChI is InChI=1S/C22H26N2O2/c1-2-23(17-18-9-5-3-6-10-18)21(25)19-11-13-20(14-12-19)22(26)24-15-7-4-8-16-24/h3,5-6,9-14H,2,4,7-8,15-17H2,1H3. The van der Waals surface area contributed by atoms with Crippen molar-refractivity contribution in [2.24, 2.45) is 0 Å². The molecular weight excluding hydrogens is 324 g/mol. The Morgan fingerprint density at radius 1 is 0.885 bits per heavy atom. The van der Waals surface area contributed by atoms with E-state index in [9.17, 15) is 9.59 Å². The summed E-state index contributed by atoms with van der Waals surface area (Å²) in [6, 6.07) is 17.1. The van der Waals surface area contributed by atoms with Crippen LogP contribution in [0.4, 0.5) is 0 Å². The highest BCUT2D eigenvalue weighted by atomic mass is 16.2. The maximum absolute atomic E-state index is 12.8. The van der Waals surface area contributed by atoms with Gasteiger partial charge in [-0.15, -0.1) is 0 Å². The molecule has 1 aliphatic rings. The molecule has 0 spiro atoms. The topological polar surface area (TPSA) is 40.6 Å². The number of benzene rings is 2. The second-order valence-corrected chi connectivity index (χ2v) is 6.74. The first kappa shape index (κ1) is 18.2. The van der Waals surface area contributed by atoms with Gasteiger partial charge in [0, 0.05) is 37.3 Å². The van der Waals surface area contributed by atoms with E-state index >= 15 is 0 Å². The van der Waals surface area contributed by atoms with Crippen LogP contribution in [0.3, 0.4) is 0 Å². The third-order valence-electron chi connectivity index (χ3n) is 4.91. The summed E-state index contributed by atoms with van der Waals surface area (Å²) in [6.45, 7) is 4.88. The van der Waals surface area contributed by atoms with Crippen LogP contribution in [0.5, 0.6) is 0 Å². The minimum absolute atomic E-state index is 0.00618. The second-order valence-electron chi connectivity index (χ2n) is 6.74. The molecule has 1 aliphatic heterocycles. The minimum Gasteiger partial charge on any atom is -0.339 e. The van der Waals surface area contributed by atoms with E-state index < -0.39 is 0 Å². The zero-order valence-electron chi connectivity index (χ0n) is 15.4. The summed E-state index contributed by atoms with van der Waals surface area (Å²) in [4.78, 5) is 29.1. The van der Waals surface area contributed by atoms with E-state index in [1.807, 2.05) is 47.1 Å². The zero-order valence-corrected chi connectivity index (χ0v) is 15.4. The molecule has 26 heavy (non-hydrogen) atoms. The third-order valence-corrected chi connectivity index (χ3v) is 4.91. The van der Waals surface area contributed by atoms with Crippen molar-refractivity contribution in [3.63, 3.8) is 0 Å². The van der Waals surface area contributed by atoms with Crippen LogP contribution in [0.15, 0.2) is 54.6 Å². The molecule has 0 saturated carbocycles. The van der Waals surface area contributed by atoms with Crippen LogP contribution >= 0.6 is 0 Å². The first-order valence-corrected chi connectivity index (χ1v) is 9.41. The number of carbonyl (C=O) groups is 2. The Balaban J connectivity index is 1.68. The fourth-order valence-electron chi connectivity index (χ4n) is 3.35. The number of piperidine rings is 1. The summed E-state index contributed by atoms with van der Waals surface area (Å²) >= 11 is 0. The zero-order chi connectivity index (χ0) is 18.4. The molecule has 4 nitrogen and oxygen atoms in total. The molecule has 136 valence electrons. The molecule has 0 unspecified atom stereocenters. The molecule has 2 aromatic rings. The Kier molecular flexibility index (Phi) is 6.05. The van der Waals surface area contributed by atoms with Crippen LogP contribution in [-0.2, 0) is 6.54 Å². The van der Waals surface area contributed by atoms with Crippen LogP contribution in [0.25, 0.3) is 0 Å². The van der Waals surface area contributed by atoms with Crippen molar-refractivity contribution in [1.29, 1.82) is 0 Å². The lowest BCUT2D eigenvalue weighted by Crippen LogP contribution is -2.35. The number of likely N-dealkylation sites (tertiary alicyclic amines) is 1. The van der Waals surface area contributed by atoms with E-state index in [4.69, 9.17) is 0 Å². The summed E-state index contributed by atoms with van der Waals surface area (Å²) in [5.74, 6) is 0.0636. The van der Waals surface area contributed by atoms with Crippen molar-refractivity contribution in [3.05, 3.63) is 71.3 Å². The SMILES string of the molecule is CCN(Cc1ccccc1)C(=O)c1ccc(C(=O)N2CCCCC2)cc1. The van der Waals surface area contributed by atoms with Crippen LogP contribution < -0.4 is 0 Å². The highest BCUT2D eigenvalue weighted by Crippen LogP contribution is 2.15. The number of amides is 2. The van der Waals surface area contributed by atoms with Gasteiger partial charge in [0.1, 0.15) is 0 Å². The Hall–Kier alpha value is -2.62. The highest BCUT2D eigenvalue weighted by molar-refractivity contribution is 5.97. The van der Waals surface area contributed by atoms with Crippen LogP contribution in [0, 0.1) is 0 Å². The predicted molar refractivity (Wildman–Crippen MR) is 103 cm³/mol. The lowest BCUT2D eigenvalue weighted by Gasteiger charge is -2.26. The largest absolute Gasteiger partial charge is 0.339 e. The van der Waals surface area contributed by atoms with Gasteiger partial charge in [-0.3, -0.25) is 9.59 Å². The quantitative estimate of drug-likeness (QED) is 0.818. The fraction of sp³-hybridized carbons (Fsp3) is 0.364. The normalized spacial score (nSPS) is 14.1. The van der Waals surface area contributed by atoms with Crippen molar-refractivity contribution in [2.75, 3.05) is 19.6 Å². The van der Waals surface area contributed by atoms with E-state index in [0.717, 1.165) is 31.5 Å². The van der Waals surface area contributed by atoms with Crippen molar-refractivity contribution in [1.82, 2.24) is 9.80 Å². The molecule has 1 fully saturated rings. The maximum atomic E-state index is 12.8. The molecule has 0 aromatic heterocycles. The van der Waals surface area contributed by atoms with Gasteiger partial charge in [-0.2, -0.15) is 0 Å². The summed E-state index contributed by atoms with van der Waals surface area (Å²) in [5.41, 5.74) is 2.40. The third kappa shape index (κ3) is 4.31. The average molecular weight is 350 g/mol. The smallest absolute Gasteiger partial charge is 0.254 e. The Morgan fingerprint density at radius 2 is 1.50 bits per heavy atom. The summed E-state index contributed by atoms with van der Waals surface area (Å²) in [7, 11) is 0. The average Bonchev–Trinajstić information content (AvgIpc) is 2.72. The first-order chi connectivity index (χ1) is 12.7. The molecule has 2 amide bonds. The Morgan fingerprint density at radius 3 is 2.12 bits per heavy atom. The van der Waals surface area contributed by atoms with Crippen molar-refractivity contribution in [2.45, 2.75) is 32.7 Å². The van der Waals surface area contributed by atoms with Crippen LogP contribution in [0.1, 0.15) is 52.5 Å². The molecule has 4 heteroatoms. The molecule has 0 bridgehead atoms. The number of carbonyl (C=O) groups excluding carboxylic acids is 2. The van der Waals surface area contributed by atoms with Gasteiger partial charge in [0.25, 0.3) is 11.8 Å². The van der Waals surface area contributed by atoms with E-state index in [1.165, 1.54) is 6.42 Å². The molecule has 0 aliphatic carbocycles. The molecule has 0 N–H and O–H groups in total. The van der Waals surface area contributed by atoms with Crippen molar-refractivity contribution in [3.8, 4) is 0 Å². The van der Waals surface area contributed by atoms with Gasteiger partial charge in [-0.1, -0.05) is 30.3 Å². The molecule has 3 rings (SSSR count). The summed E-state index contributed by atoms with van der Waals surface area (Å²) in [5, 5.41) is 0. The van der Waals surface area contributed by atoms with E-state index in [1.54, 1.807) is 24.3 Å². The predicted octanol–water partition coefficient (Wildman–Crippen LogP) is 3.98. The van der Waals surface area contributed by atoms with Gasteiger partial charge in [-0.25, -0.2) is 0 Å². The van der Waals surface area contributed by atoms with E-state index in [0.29, 0.717) is 24.2 Å². The monoisotopic (exact) mass is 350 g/mol. The van der Waals surface area contributed by atoms with Gasteiger partial charge >= 0.3 is 0 Å². The van der Waals surface area contributed by atoms with Crippen molar-refractivity contribution < 1.29 is 9.59 Å². The number of rotatable bonds is 5. The van der Waals surface area contributed by atoms with Gasteiger partial charge < -0.3 is 9.80 Å².